The molecule has 4 nitrogen and oxygen atoms in total. The number of nitrogens with zero attached hydrogens (tertiary/aromatic N) is 2. The van der Waals surface area contributed by atoms with Crippen LogP contribution >= 0.6 is 0 Å². The Labute approximate surface area is 148 Å². The van der Waals surface area contributed by atoms with E-state index in [2.05, 4.69) is 12.1 Å². The van der Waals surface area contributed by atoms with E-state index in [1.807, 2.05) is 52.0 Å². The molecule has 5 heteroatoms. The second kappa shape index (κ2) is 6.04. The maximum absolute atomic E-state index is 9.41. The third kappa shape index (κ3) is 3.05. The maximum atomic E-state index is 9.41. The lowest BCUT2D eigenvalue weighted by Crippen LogP contribution is -2.41. The highest BCUT2D eigenvalue weighted by atomic mass is 16.7. The van der Waals surface area contributed by atoms with E-state index in [-0.39, 0.29) is 0 Å². The first-order valence-electron chi connectivity index (χ1n) is 8.17. The van der Waals surface area contributed by atoms with E-state index in [4.69, 9.17) is 9.31 Å². The smallest absolute Gasteiger partial charge is 0.399 e. The number of hydrogen-bond donors (Lipinski definition) is 0. The van der Waals surface area contributed by atoms with Gasteiger partial charge in [-0.1, -0.05) is 24.3 Å². The fourth-order valence-electron chi connectivity index (χ4n) is 2.82. The summed E-state index contributed by atoms with van der Waals surface area (Å²) in [6, 6.07) is 17.2. The highest BCUT2D eigenvalue weighted by Gasteiger charge is 2.51. The molecule has 25 heavy (non-hydrogen) atoms. The van der Waals surface area contributed by atoms with Crippen LogP contribution in [0.25, 0.3) is 11.1 Å². The van der Waals surface area contributed by atoms with E-state index in [1.54, 1.807) is 18.2 Å². The molecule has 3 rings (SSSR count). The van der Waals surface area contributed by atoms with Crippen LogP contribution in [-0.2, 0) is 9.31 Å². The molecule has 0 atom stereocenters. The second-order valence-corrected chi connectivity index (χ2v) is 7.20. The summed E-state index contributed by atoms with van der Waals surface area (Å²) in [6.45, 7) is 7.97. The topological polar surface area (TPSA) is 66.0 Å². The van der Waals surface area contributed by atoms with Crippen LogP contribution in [-0.4, -0.2) is 18.3 Å². The SMILES string of the molecule is CC1(C)OB(c2cc(C#N)cc(-c3ccccc3C#N)c2)OC1(C)C. The van der Waals surface area contributed by atoms with Crippen molar-refractivity contribution in [1.29, 1.82) is 10.5 Å². The lowest BCUT2D eigenvalue weighted by Gasteiger charge is -2.32. The molecule has 0 bridgehead atoms. The van der Waals surface area contributed by atoms with Gasteiger partial charge in [0.1, 0.15) is 0 Å². The van der Waals surface area contributed by atoms with Gasteiger partial charge < -0.3 is 9.31 Å². The van der Waals surface area contributed by atoms with Crippen molar-refractivity contribution in [3.8, 4) is 23.3 Å². The standard InChI is InChI=1S/C20H19BN2O2/c1-19(2)20(3,4)25-21(24-19)17-10-14(12-22)9-16(11-17)18-8-6-5-7-15(18)13-23/h5-11H,1-4H3. The van der Waals surface area contributed by atoms with Crippen LogP contribution in [0.4, 0.5) is 0 Å². The molecule has 0 aliphatic carbocycles. The van der Waals surface area contributed by atoms with Gasteiger partial charge in [-0.25, -0.2) is 0 Å². The number of rotatable bonds is 2. The summed E-state index contributed by atoms with van der Waals surface area (Å²) in [5.74, 6) is 0. The van der Waals surface area contributed by atoms with Gasteiger partial charge in [-0.2, -0.15) is 10.5 Å². The third-order valence-corrected chi connectivity index (χ3v) is 4.97. The average Bonchev–Trinajstić information content (AvgIpc) is 2.82. The van der Waals surface area contributed by atoms with Gasteiger partial charge in [0.05, 0.1) is 34.5 Å². The van der Waals surface area contributed by atoms with Crippen molar-refractivity contribution in [2.45, 2.75) is 38.9 Å². The summed E-state index contributed by atoms with van der Waals surface area (Å²) in [7, 11) is -0.550. The van der Waals surface area contributed by atoms with Gasteiger partial charge in [0.15, 0.2) is 0 Å². The van der Waals surface area contributed by atoms with Crippen molar-refractivity contribution in [2.24, 2.45) is 0 Å². The first-order chi connectivity index (χ1) is 11.8. The maximum Gasteiger partial charge on any atom is 0.494 e. The Kier molecular flexibility index (Phi) is 4.17. The molecule has 2 aromatic rings. The van der Waals surface area contributed by atoms with E-state index >= 15 is 0 Å². The summed E-state index contributed by atoms with van der Waals surface area (Å²) in [6.07, 6.45) is 0. The van der Waals surface area contributed by atoms with Crippen molar-refractivity contribution >= 4 is 12.6 Å². The van der Waals surface area contributed by atoms with Crippen molar-refractivity contribution in [2.75, 3.05) is 0 Å². The summed E-state index contributed by atoms with van der Waals surface area (Å²) in [5, 5.41) is 18.8. The molecule has 1 heterocycles. The normalized spacial score (nSPS) is 17.8. The van der Waals surface area contributed by atoms with Crippen LogP contribution in [0.5, 0.6) is 0 Å². The molecule has 0 N–H and O–H groups in total. The van der Waals surface area contributed by atoms with E-state index < -0.39 is 18.3 Å². The van der Waals surface area contributed by atoms with E-state index in [0.29, 0.717) is 11.1 Å². The zero-order valence-corrected chi connectivity index (χ0v) is 14.8. The Morgan fingerprint density at radius 2 is 1.52 bits per heavy atom. The summed E-state index contributed by atoms with van der Waals surface area (Å²) in [4.78, 5) is 0. The van der Waals surface area contributed by atoms with Gasteiger partial charge >= 0.3 is 7.12 Å². The highest BCUT2D eigenvalue weighted by Crippen LogP contribution is 2.37. The van der Waals surface area contributed by atoms with E-state index in [1.165, 1.54) is 0 Å². The molecule has 1 fully saturated rings. The van der Waals surface area contributed by atoms with E-state index in [0.717, 1.165) is 16.6 Å². The molecule has 0 aromatic heterocycles. The van der Waals surface area contributed by atoms with Crippen LogP contribution < -0.4 is 5.46 Å². The van der Waals surface area contributed by atoms with Crippen molar-refractivity contribution < 1.29 is 9.31 Å². The molecule has 0 saturated carbocycles. The molecular formula is C20H19BN2O2. The number of benzene rings is 2. The van der Waals surface area contributed by atoms with Gasteiger partial charge in [0, 0.05) is 0 Å². The molecule has 0 unspecified atom stereocenters. The quantitative estimate of drug-likeness (QED) is 0.792. The Bertz CT molecular complexity index is 891. The van der Waals surface area contributed by atoms with Gasteiger partial charge in [-0.15, -0.1) is 0 Å². The minimum absolute atomic E-state index is 0.453. The van der Waals surface area contributed by atoms with Gasteiger partial charge in [0.25, 0.3) is 0 Å². The van der Waals surface area contributed by atoms with Crippen molar-refractivity contribution in [3.63, 3.8) is 0 Å². The van der Waals surface area contributed by atoms with E-state index in [9.17, 15) is 10.5 Å². The molecule has 0 amide bonds. The number of nitriles is 2. The fraction of sp³-hybridized carbons (Fsp3) is 0.300. The predicted molar refractivity (Wildman–Crippen MR) is 97.0 cm³/mol. The van der Waals surface area contributed by atoms with Gasteiger partial charge in [-0.05, 0) is 62.5 Å². The summed E-state index contributed by atoms with van der Waals surface area (Å²) >= 11 is 0. The minimum atomic E-state index is -0.550. The molecule has 0 radical (unpaired) electrons. The largest absolute Gasteiger partial charge is 0.494 e. The molecule has 1 aliphatic rings. The van der Waals surface area contributed by atoms with Crippen LogP contribution in [0.1, 0.15) is 38.8 Å². The van der Waals surface area contributed by atoms with Gasteiger partial charge in [0.2, 0.25) is 0 Å². The van der Waals surface area contributed by atoms with Crippen LogP contribution in [0.2, 0.25) is 0 Å². The van der Waals surface area contributed by atoms with Crippen molar-refractivity contribution in [3.05, 3.63) is 53.6 Å². The summed E-state index contributed by atoms with van der Waals surface area (Å²) in [5.41, 5.74) is 2.55. The summed E-state index contributed by atoms with van der Waals surface area (Å²) < 4.78 is 12.2. The molecular weight excluding hydrogens is 311 g/mol. The highest BCUT2D eigenvalue weighted by molar-refractivity contribution is 6.62. The Balaban J connectivity index is 2.09. The van der Waals surface area contributed by atoms with Gasteiger partial charge in [-0.3, -0.25) is 0 Å². The number of hydrogen-bond acceptors (Lipinski definition) is 4. The van der Waals surface area contributed by atoms with Crippen LogP contribution in [0.15, 0.2) is 42.5 Å². The monoisotopic (exact) mass is 330 g/mol. The lowest BCUT2D eigenvalue weighted by molar-refractivity contribution is 0.00578. The Morgan fingerprint density at radius 3 is 2.12 bits per heavy atom. The molecule has 1 aliphatic heterocycles. The van der Waals surface area contributed by atoms with Crippen molar-refractivity contribution in [1.82, 2.24) is 0 Å². The molecule has 0 spiro atoms. The molecule has 124 valence electrons. The fourth-order valence-corrected chi connectivity index (χ4v) is 2.82. The molecule has 2 aromatic carbocycles. The molecule has 1 saturated heterocycles. The first kappa shape index (κ1) is 17.2. The Hall–Kier alpha value is -2.60. The second-order valence-electron chi connectivity index (χ2n) is 7.20. The minimum Gasteiger partial charge on any atom is -0.399 e. The zero-order chi connectivity index (χ0) is 18.2. The predicted octanol–water partition coefficient (Wildman–Crippen LogP) is 3.40. The zero-order valence-electron chi connectivity index (χ0n) is 14.8. The van der Waals surface area contributed by atoms with Crippen LogP contribution in [0.3, 0.4) is 0 Å². The Morgan fingerprint density at radius 1 is 0.880 bits per heavy atom. The third-order valence-electron chi connectivity index (χ3n) is 4.97. The first-order valence-corrected chi connectivity index (χ1v) is 8.17. The van der Waals surface area contributed by atoms with Crippen LogP contribution in [0, 0.1) is 22.7 Å². The average molecular weight is 330 g/mol. The lowest BCUT2D eigenvalue weighted by atomic mass is 9.77.